The molecule has 1 aromatic carbocycles. The smallest absolute Gasteiger partial charge is 0.335 e. The van der Waals surface area contributed by atoms with E-state index in [2.05, 4.69) is 6.92 Å². The van der Waals surface area contributed by atoms with Gasteiger partial charge in [0, 0.05) is 0 Å². The molecule has 0 aliphatic carbocycles. The van der Waals surface area contributed by atoms with Crippen molar-refractivity contribution in [3.05, 3.63) is 23.8 Å². The van der Waals surface area contributed by atoms with Gasteiger partial charge in [0.15, 0.2) is 0 Å². The molecule has 0 saturated heterocycles. The third-order valence-corrected chi connectivity index (χ3v) is 2.02. The zero-order valence-corrected chi connectivity index (χ0v) is 8.69. The number of unbranched alkanes of at least 4 members (excludes halogenated alkanes) is 1. The van der Waals surface area contributed by atoms with E-state index < -0.39 is 5.97 Å². The highest BCUT2D eigenvalue weighted by Crippen LogP contribution is 2.22. The molecule has 3 N–H and O–H groups in total. The number of rotatable bonds is 5. The van der Waals surface area contributed by atoms with Gasteiger partial charge in [0.2, 0.25) is 0 Å². The standard InChI is InChI=1S/C11H15NO3/c1-2-3-6-15-10-7-8(11(13)14)4-5-9(10)12/h4-5,7H,2-3,6,12H2,1H3,(H,13,14). The number of hydrogen-bond donors (Lipinski definition) is 2. The Labute approximate surface area is 88.7 Å². The normalized spacial score (nSPS) is 9.93. The van der Waals surface area contributed by atoms with Crippen LogP contribution >= 0.6 is 0 Å². The number of carboxylic acid groups (broad SMARTS) is 1. The second-order valence-electron chi connectivity index (χ2n) is 3.26. The minimum Gasteiger partial charge on any atom is -0.491 e. The van der Waals surface area contributed by atoms with Crippen LogP contribution < -0.4 is 10.5 Å². The zero-order valence-electron chi connectivity index (χ0n) is 8.69. The van der Waals surface area contributed by atoms with Crippen molar-refractivity contribution in [2.45, 2.75) is 19.8 Å². The maximum atomic E-state index is 10.7. The summed E-state index contributed by atoms with van der Waals surface area (Å²) in [6.45, 7) is 2.62. The van der Waals surface area contributed by atoms with E-state index in [4.69, 9.17) is 15.6 Å². The molecular weight excluding hydrogens is 194 g/mol. The summed E-state index contributed by atoms with van der Waals surface area (Å²) in [5.41, 5.74) is 6.31. The summed E-state index contributed by atoms with van der Waals surface area (Å²) in [6.07, 6.45) is 1.95. The highest BCUT2D eigenvalue weighted by molar-refractivity contribution is 5.89. The molecule has 0 aromatic heterocycles. The second kappa shape index (κ2) is 5.24. The van der Waals surface area contributed by atoms with Crippen LogP contribution in [0.5, 0.6) is 5.75 Å². The van der Waals surface area contributed by atoms with Crippen LogP contribution in [-0.2, 0) is 0 Å². The fourth-order valence-corrected chi connectivity index (χ4v) is 1.12. The monoisotopic (exact) mass is 209 g/mol. The lowest BCUT2D eigenvalue weighted by Gasteiger charge is -2.08. The van der Waals surface area contributed by atoms with E-state index in [0.29, 0.717) is 18.0 Å². The van der Waals surface area contributed by atoms with Crippen LogP contribution in [0.2, 0.25) is 0 Å². The van der Waals surface area contributed by atoms with Gasteiger partial charge in [-0.25, -0.2) is 4.79 Å². The SMILES string of the molecule is CCCCOc1cc(C(=O)O)ccc1N. The van der Waals surface area contributed by atoms with Crippen molar-refractivity contribution in [3.63, 3.8) is 0 Å². The highest BCUT2D eigenvalue weighted by Gasteiger charge is 2.07. The average molecular weight is 209 g/mol. The van der Waals surface area contributed by atoms with Gasteiger partial charge < -0.3 is 15.6 Å². The van der Waals surface area contributed by atoms with Gasteiger partial charge in [-0.15, -0.1) is 0 Å². The molecule has 0 unspecified atom stereocenters. The van der Waals surface area contributed by atoms with E-state index >= 15 is 0 Å². The van der Waals surface area contributed by atoms with Gasteiger partial charge in [-0.05, 0) is 24.6 Å². The van der Waals surface area contributed by atoms with Gasteiger partial charge in [0.05, 0.1) is 17.9 Å². The lowest BCUT2D eigenvalue weighted by atomic mass is 10.2. The quantitative estimate of drug-likeness (QED) is 0.575. The summed E-state index contributed by atoms with van der Waals surface area (Å²) >= 11 is 0. The minimum atomic E-state index is -0.977. The number of anilines is 1. The summed E-state index contributed by atoms with van der Waals surface area (Å²) in [6, 6.07) is 4.46. The van der Waals surface area contributed by atoms with Crippen LogP contribution in [0, 0.1) is 0 Å². The molecule has 4 nitrogen and oxygen atoms in total. The van der Waals surface area contributed by atoms with Crippen LogP contribution in [0.25, 0.3) is 0 Å². The summed E-state index contributed by atoms with van der Waals surface area (Å²) in [4.78, 5) is 10.7. The maximum absolute atomic E-state index is 10.7. The zero-order chi connectivity index (χ0) is 11.3. The topological polar surface area (TPSA) is 72.5 Å². The van der Waals surface area contributed by atoms with Gasteiger partial charge in [0.1, 0.15) is 5.75 Å². The number of nitrogens with two attached hydrogens (primary N) is 1. The lowest BCUT2D eigenvalue weighted by molar-refractivity contribution is 0.0696. The minimum absolute atomic E-state index is 0.190. The second-order valence-corrected chi connectivity index (χ2v) is 3.26. The molecule has 15 heavy (non-hydrogen) atoms. The summed E-state index contributed by atoms with van der Waals surface area (Å²) in [5.74, 6) is -0.529. The third kappa shape index (κ3) is 3.16. The number of nitrogen functional groups attached to an aromatic ring is 1. The average Bonchev–Trinajstić information content (AvgIpc) is 2.20. The molecule has 4 heteroatoms. The first-order chi connectivity index (χ1) is 7.15. The molecule has 0 radical (unpaired) electrons. The van der Waals surface area contributed by atoms with Crippen molar-refractivity contribution in [1.82, 2.24) is 0 Å². The Hall–Kier alpha value is -1.71. The van der Waals surface area contributed by atoms with E-state index in [9.17, 15) is 4.79 Å². The molecule has 82 valence electrons. The number of carboxylic acids is 1. The van der Waals surface area contributed by atoms with Crippen molar-refractivity contribution in [1.29, 1.82) is 0 Å². The Kier molecular flexibility index (Phi) is 3.97. The predicted molar refractivity (Wildman–Crippen MR) is 58.2 cm³/mol. The van der Waals surface area contributed by atoms with Crippen molar-refractivity contribution >= 4 is 11.7 Å². The molecular formula is C11H15NO3. The van der Waals surface area contributed by atoms with E-state index in [0.717, 1.165) is 12.8 Å². The fourth-order valence-electron chi connectivity index (χ4n) is 1.12. The third-order valence-electron chi connectivity index (χ3n) is 2.02. The maximum Gasteiger partial charge on any atom is 0.335 e. The Morgan fingerprint density at radius 2 is 2.27 bits per heavy atom. The molecule has 0 saturated carbocycles. The Balaban J connectivity index is 2.76. The van der Waals surface area contributed by atoms with Gasteiger partial charge in [-0.2, -0.15) is 0 Å². The fraction of sp³-hybridized carbons (Fsp3) is 0.364. The number of hydrogen-bond acceptors (Lipinski definition) is 3. The largest absolute Gasteiger partial charge is 0.491 e. The number of benzene rings is 1. The van der Waals surface area contributed by atoms with Crippen LogP contribution in [-0.4, -0.2) is 17.7 Å². The van der Waals surface area contributed by atoms with E-state index in [1.165, 1.54) is 12.1 Å². The molecule has 0 atom stereocenters. The first kappa shape index (κ1) is 11.4. The van der Waals surface area contributed by atoms with E-state index in [1.54, 1.807) is 6.07 Å². The van der Waals surface area contributed by atoms with Crippen LogP contribution in [0.4, 0.5) is 5.69 Å². The Morgan fingerprint density at radius 1 is 1.53 bits per heavy atom. The molecule has 0 bridgehead atoms. The van der Waals surface area contributed by atoms with Gasteiger partial charge >= 0.3 is 5.97 Å². The first-order valence-corrected chi connectivity index (χ1v) is 4.90. The van der Waals surface area contributed by atoms with Crippen LogP contribution in [0.1, 0.15) is 30.1 Å². The van der Waals surface area contributed by atoms with Crippen LogP contribution in [0.15, 0.2) is 18.2 Å². The lowest BCUT2D eigenvalue weighted by Crippen LogP contribution is -2.03. The van der Waals surface area contributed by atoms with Gasteiger partial charge in [-0.3, -0.25) is 0 Å². The van der Waals surface area contributed by atoms with Crippen molar-refractivity contribution < 1.29 is 14.6 Å². The number of aromatic carboxylic acids is 1. The highest BCUT2D eigenvalue weighted by atomic mass is 16.5. The van der Waals surface area contributed by atoms with Crippen molar-refractivity contribution in [3.8, 4) is 5.75 Å². The molecule has 0 amide bonds. The number of carbonyl (C=O) groups is 1. The number of ether oxygens (including phenoxy) is 1. The van der Waals surface area contributed by atoms with Crippen LogP contribution in [0.3, 0.4) is 0 Å². The predicted octanol–water partition coefficient (Wildman–Crippen LogP) is 2.15. The summed E-state index contributed by atoms with van der Waals surface area (Å²) in [5, 5.41) is 8.78. The van der Waals surface area contributed by atoms with Crippen molar-refractivity contribution in [2.24, 2.45) is 0 Å². The molecule has 1 aromatic rings. The van der Waals surface area contributed by atoms with Gasteiger partial charge in [-0.1, -0.05) is 13.3 Å². The van der Waals surface area contributed by atoms with E-state index in [-0.39, 0.29) is 5.56 Å². The first-order valence-electron chi connectivity index (χ1n) is 4.90. The molecule has 0 aliphatic heterocycles. The van der Waals surface area contributed by atoms with E-state index in [1.807, 2.05) is 0 Å². The van der Waals surface area contributed by atoms with Gasteiger partial charge in [0.25, 0.3) is 0 Å². The molecule has 0 fully saturated rings. The molecule has 0 aliphatic rings. The van der Waals surface area contributed by atoms with Crippen molar-refractivity contribution in [2.75, 3.05) is 12.3 Å². The summed E-state index contributed by atoms with van der Waals surface area (Å²) < 4.78 is 5.38. The summed E-state index contributed by atoms with van der Waals surface area (Å²) in [7, 11) is 0. The Morgan fingerprint density at radius 3 is 2.87 bits per heavy atom. The molecule has 1 rings (SSSR count). The molecule has 0 heterocycles. The molecule has 0 spiro atoms. The Bertz CT molecular complexity index is 350.